The van der Waals surface area contributed by atoms with Gasteiger partial charge in [0.15, 0.2) is 0 Å². The number of hydrogen-bond donors (Lipinski definition) is 4. The molecule has 1 fully saturated rings. The average molecular weight is 290 g/mol. The summed E-state index contributed by atoms with van der Waals surface area (Å²) < 4.78 is 0. The fourth-order valence-electron chi connectivity index (χ4n) is 2.73. The van der Waals surface area contributed by atoms with Crippen LogP contribution in [0, 0.1) is 0 Å². The molecular weight excluding hydrogens is 267 g/mol. The van der Waals surface area contributed by atoms with Gasteiger partial charge in [-0.3, -0.25) is 4.79 Å². The second kappa shape index (κ2) is 7.59. The van der Waals surface area contributed by atoms with Gasteiger partial charge in [-0.2, -0.15) is 0 Å². The zero-order valence-electron chi connectivity index (χ0n) is 12.2. The zero-order chi connectivity index (χ0) is 15.2. The Labute approximate surface area is 125 Å². The van der Waals surface area contributed by atoms with E-state index in [4.69, 9.17) is 15.8 Å². The second-order valence-corrected chi connectivity index (χ2v) is 5.77. The molecule has 1 aliphatic rings. The van der Waals surface area contributed by atoms with E-state index in [-0.39, 0.29) is 11.9 Å². The van der Waals surface area contributed by atoms with Crippen LogP contribution < -0.4 is 16.5 Å². The van der Waals surface area contributed by atoms with E-state index in [2.05, 4.69) is 5.32 Å². The third-order valence-corrected chi connectivity index (χ3v) is 4.02. The molecule has 1 aliphatic carbocycles. The molecule has 5 nitrogen and oxygen atoms in total. The Bertz CT molecular complexity index is 458. The Hall–Kier alpha value is -1.37. The van der Waals surface area contributed by atoms with E-state index in [0.717, 1.165) is 18.4 Å². The molecule has 1 saturated carbocycles. The second-order valence-electron chi connectivity index (χ2n) is 5.77. The maximum Gasteiger partial charge on any atom is 0.488 e. The van der Waals surface area contributed by atoms with Gasteiger partial charge in [-0.1, -0.05) is 43.5 Å². The summed E-state index contributed by atoms with van der Waals surface area (Å²) in [6.45, 7) is 0. The molecule has 5 N–H and O–H groups in total. The van der Waals surface area contributed by atoms with Gasteiger partial charge in [0.25, 0.3) is 0 Å². The van der Waals surface area contributed by atoms with Crippen LogP contribution in [0.1, 0.15) is 37.7 Å². The molecule has 0 unspecified atom stereocenters. The summed E-state index contributed by atoms with van der Waals surface area (Å²) in [5.41, 5.74) is 7.29. The highest BCUT2D eigenvalue weighted by Crippen LogP contribution is 2.17. The molecule has 21 heavy (non-hydrogen) atoms. The van der Waals surface area contributed by atoms with Crippen LogP contribution in [0.5, 0.6) is 0 Å². The highest BCUT2D eigenvalue weighted by molar-refractivity contribution is 6.58. The standard InChI is InChI=1S/C15H23BN2O3/c17-14(15(19)18-13-4-2-1-3-5-13)10-11-6-8-12(9-7-11)16(20)21/h6-9,13-14,20-21H,1-5,10,17H2,(H,18,19)/t14-/m0/s1. The molecule has 1 aromatic carbocycles. The molecule has 6 heteroatoms. The summed E-state index contributed by atoms with van der Waals surface area (Å²) >= 11 is 0. The molecule has 1 atom stereocenters. The SMILES string of the molecule is N[C@@H](Cc1ccc(B(O)O)cc1)C(=O)NC1CCCCC1. The molecule has 0 bridgehead atoms. The van der Waals surface area contributed by atoms with E-state index in [1.807, 2.05) is 0 Å². The molecule has 0 aliphatic heterocycles. The first-order valence-electron chi connectivity index (χ1n) is 7.57. The molecule has 0 aromatic heterocycles. The first kappa shape index (κ1) is 16.0. The van der Waals surface area contributed by atoms with Crippen molar-refractivity contribution in [3.05, 3.63) is 29.8 Å². The molecular formula is C15H23BN2O3. The number of amides is 1. The molecule has 0 spiro atoms. The molecule has 2 rings (SSSR count). The molecule has 1 aromatic rings. The molecule has 1 amide bonds. The van der Waals surface area contributed by atoms with Crippen molar-refractivity contribution in [2.45, 2.75) is 50.6 Å². The quantitative estimate of drug-likeness (QED) is 0.559. The van der Waals surface area contributed by atoms with Gasteiger partial charge in [0.1, 0.15) is 0 Å². The van der Waals surface area contributed by atoms with Gasteiger partial charge in [0.05, 0.1) is 6.04 Å². The van der Waals surface area contributed by atoms with Gasteiger partial charge in [-0.15, -0.1) is 0 Å². The summed E-state index contributed by atoms with van der Waals surface area (Å²) in [7, 11) is -1.47. The van der Waals surface area contributed by atoms with Gasteiger partial charge >= 0.3 is 7.12 Å². The normalized spacial score (nSPS) is 17.3. The first-order chi connectivity index (χ1) is 10.1. The average Bonchev–Trinajstić information content (AvgIpc) is 2.48. The van der Waals surface area contributed by atoms with E-state index in [1.54, 1.807) is 24.3 Å². The number of hydrogen-bond acceptors (Lipinski definition) is 4. The zero-order valence-corrected chi connectivity index (χ0v) is 12.2. The fraction of sp³-hybridized carbons (Fsp3) is 0.533. The van der Waals surface area contributed by atoms with Crippen molar-refractivity contribution in [1.82, 2.24) is 5.32 Å². The number of rotatable bonds is 5. The summed E-state index contributed by atoms with van der Waals surface area (Å²) in [5, 5.41) is 21.1. The fourth-order valence-corrected chi connectivity index (χ4v) is 2.73. The molecule has 0 saturated heterocycles. The predicted octanol–water partition coefficient (Wildman–Crippen LogP) is -0.315. The highest BCUT2D eigenvalue weighted by atomic mass is 16.4. The topological polar surface area (TPSA) is 95.6 Å². The van der Waals surface area contributed by atoms with Crippen LogP contribution in [-0.4, -0.2) is 35.2 Å². The lowest BCUT2D eigenvalue weighted by Gasteiger charge is -2.24. The van der Waals surface area contributed by atoms with Crippen molar-refractivity contribution in [3.8, 4) is 0 Å². The first-order valence-corrected chi connectivity index (χ1v) is 7.57. The van der Waals surface area contributed by atoms with Crippen LogP contribution in [0.4, 0.5) is 0 Å². The third kappa shape index (κ3) is 4.84. The maximum absolute atomic E-state index is 12.1. The van der Waals surface area contributed by atoms with Crippen molar-refractivity contribution < 1.29 is 14.8 Å². The van der Waals surface area contributed by atoms with Gasteiger partial charge in [0.2, 0.25) is 5.91 Å². The maximum atomic E-state index is 12.1. The van der Waals surface area contributed by atoms with E-state index < -0.39 is 13.2 Å². The van der Waals surface area contributed by atoms with Gasteiger partial charge in [0, 0.05) is 6.04 Å². The van der Waals surface area contributed by atoms with E-state index >= 15 is 0 Å². The van der Waals surface area contributed by atoms with Crippen LogP contribution in [-0.2, 0) is 11.2 Å². The van der Waals surface area contributed by atoms with Crippen molar-refractivity contribution in [1.29, 1.82) is 0 Å². The van der Waals surface area contributed by atoms with E-state index in [1.165, 1.54) is 19.3 Å². The minimum atomic E-state index is -1.47. The number of nitrogens with one attached hydrogen (secondary N) is 1. The Kier molecular flexibility index (Phi) is 5.79. The molecule has 0 heterocycles. The number of benzene rings is 1. The summed E-state index contributed by atoms with van der Waals surface area (Å²) in [5.74, 6) is -0.104. The summed E-state index contributed by atoms with van der Waals surface area (Å²) in [6.07, 6.45) is 6.13. The minimum absolute atomic E-state index is 0.104. The third-order valence-electron chi connectivity index (χ3n) is 4.02. The van der Waals surface area contributed by atoms with Crippen LogP contribution in [0.25, 0.3) is 0 Å². The predicted molar refractivity (Wildman–Crippen MR) is 83.0 cm³/mol. The summed E-state index contributed by atoms with van der Waals surface area (Å²) in [6, 6.07) is 6.49. The van der Waals surface area contributed by atoms with Gasteiger partial charge < -0.3 is 21.1 Å². The lowest BCUT2D eigenvalue weighted by Crippen LogP contribution is -2.47. The largest absolute Gasteiger partial charge is 0.488 e. The number of carbonyl (C=O) groups excluding carboxylic acids is 1. The Balaban J connectivity index is 1.84. The van der Waals surface area contributed by atoms with Crippen molar-refractivity contribution in [3.63, 3.8) is 0 Å². The molecule has 114 valence electrons. The Morgan fingerprint density at radius 2 is 1.86 bits per heavy atom. The summed E-state index contributed by atoms with van der Waals surface area (Å²) in [4.78, 5) is 12.1. The van der Waals surface area contributed by atoms with E-state index in [9.17, 15) is 4.79 Å². The van der Waals surface area contributed by atoms with Crippen LogP contribution in [0.3, 0.4) is 0 Å². The van der Waals surface area contributed by atoms with Gasteiger partial charge in [-0.25, -0.2) is 0 Å². The van der Waals surface area contributed by atoms with E-state index in [0.29, 0.717) is 11.9 Å². The van der Waals surface area contributed by atoms with Crippen molar-refractivity contribution in [2.75, 3.05) is 0 Å². The monoisotopic (exact) mass is 290 g/mol. The van der Waals surface area contributed by atoms with Crippen molar-refractivity contribution >= 4 is 18.5 Å². The number of carbonyl (C=O) groups is 1. The van der Waals surface area contributed by atoms with Crippen LogP contribution >= 0.6 is 0 Å². The Morgan fingerprint density at radius 1 is 1.24 bits per heavy atom. The Morgan fingerprint density at radius 3 is 2.43 bits per heavy atom. The lowest BCUT2D eigenvalue weighted by molar-refractivity contribution is -0.123. The van der Waals surface area contributed by atoms with Crippen molar-refractivity contribution in [2.24, 2.45) is 5.73 Å². The molecule has 0 radical (unpaired) electrons. The smallest absolute Gasteiger partial charge is 0.423 e. The van der Waals surface area contributed by atoms with Gasteiger partial charge in [-0.05, 0) is 30.3 Å². The highest BCUT2D eigenvalue weighted by Gasteiger charge is 2.20. The lowest BCUT2D eigenvalue weighted by atomic mass is 9.80. The van der Waals surface area contributed by atoms with Crippen LogP contribution in [0.15, 0.2) is 24.3 Å². The van der Waals surface area contributed by atoms with Crippen LogP contribution in [0.2, 0.25) is 0 Å². The number of nitrogens with two attached hydrogens (primary N) is 1. The minimum Gasteiger partial charge on any atom is -0.423 e.